The standard InChI is InChI=1S/C17H15ClN4S/c1-12(2)11-23-17-21-20-16(13-7-9-19-10-8-13)22(17)15-5-3-14(18)4-6-15/h3-10H,1,11H2,2H3. The van der Waals surface area contributed by atoms with Crippen LogP contribution in [0.25, 0.3) is 17.1 Å². The van der Waals surface area contributed by atoms with Crippen molar-refractivity contribution in [1.82, 2.24) is 19.7 Å². The Morgan fingerprint density at radius 2 is 1.83 bits per heavy atom. The van der Waals surface area contributed by atoms with Crippen LogP contribution in [0.4, 0.5) is 0 Å². The second-order valence-corrected chi connectivity index (χ2v) is 6.48. The molecule has 0 radical (unpaired) electrons. The summed E-state index contributed by atoms with van der Waals surface area (Å²) in [5, 5.41) is 10.2. The van der Waals surface area contributed by atoms with Gasteiger partial charge in [0.2, 0.25) is 0 Å². The first-order valence-electron chi connectivity index (χ1n) is 7.04. The molecule has 6 heteroatoms. The molecule has 3 rings (SSSR count). The maximum Gasteiger partial charge on any atom is 0.196 e. The summed E-state index contributed by atoms with van der Waals surface area (Å²) in [4.78, 5) is 4.06. The molecule has 0 aliphatic heterocycles. The number of pyridine rings is 1. The Hall–Kier alpha value is -2.11. The molecule has 116 valence electrons. The normalized spacial score (nSPS) is 10.7. The lowest BCUT2D eigenvalue weighted by Gasteiger charge is -2.10. The van der Waals surface area contributed by atoms with Gasteiger partial charge in [0.25, 0.3) is 0 Å². The van der Waals surface area contributed by atoms with Crippen LogP contribution in [0, 0.1) is 0 Å². The zero-order chi connectivity index (χ0) is 16.2. The highest BCUT2D eigenvalue weighted by atomic mass is 35.5. The molecule has 2 heterocycles. The number of rotatable bonds is 5. The first kappa shape index (κ1) is 15.8. The average Bonchev–Trinajstić information content (AvgIpc) is 2.98. The van der Waals surface area contributed by atoms with E-state index in [1.54, 1.807) is 24.2 Å². The smallest absolute Gasteiger partial charge is 0.196 e. The maximum absolute atomic E-state index is 6.01. The second kappa shape index (κ2) is 6.98. The Morgan fingerprint density at radius 1 is 1.13 bits per heavy atom. The van der Waals surface area contributed by atoms with Crippen molar-refractivity contribution >= 4 is 23.4 Å². The summed E-state index contributed by atoms with van der Waals surface area (Å²) in [5.41, 5.74) is 3.02. The van der Waals surface area contributed by atoms with E-state index in [2.05, 4.69) is 21.8 Å². The molecule has 0 bridgehead atoms. The first-order chi connectivity index (χ1) is 11.1. The van der Waals surface area contributed by atoms with Gasteiger partial charge in [-0.2, -0.15) is 0 Å². The van der Waals surface area contributed by atoms with Gasteiger partial charge in [0.05, 0.1) is 0 Å². The van der Waals surface area contributed by atoms with Crippen LogP contribution < -0.4 is 0 Å². The predicted molar refractivity (Wildman–Crippen MR) is 95.1 cm³/mol. The Bertz CT molecular complexity index is 812. The highest BCUT2D eigenvalue weighted by molar-refractivity contribution is 7.99. The number of benzene rings is 1. The van der Waals surface area contributed by atoms with Crippen LogP contribution in [0.5, 0.6) is 0 Å². The molecular weight excluding hydrogens is 328 g/mol. The minimum atomic E-state index is 0.698. The van der Waals surface area contributed by atoms with Gasteiger partial charge in [-0.25, -0.2) is 0 Å². The van der Waals surface area contributed by atoms with Crippen LogP contribution in [0.2, 0.25) is 5.02 Å². The summed E-state index contributed by atoms with van der Waals surface area (Å²) in [5.74, 6) is 1.57. The van der Waals surface area contributed by atoms with E-state index in [4.69, 9.17) is 11.6 Å². The lowest BCUT2D eigenvalue weighted by Crippen LogP contribution is -2.00. The Balaban J connectivity index is 2.10. The van der Waals surface area contributed by atoms with Crippen molar-refractivity contribution in [1.29, 1.82) is 0 Å². The van der Waals surface area contributed by atoms with Crippen LogP contribution >= 0.6 is 23.4 Å². The Labute approximate surface area is 144 Å². The molecule has 2 aromatic heterocycles. The molecule has 0 aliphatic carbocycles. The molecule has 0 spiro atoms. The third-order valence-electron chi connectivity index (χ3n) is 3.10. The molecule has 3 aromatic rings. The van der Waals surface area contributed by atoms with E-state index in [0.717, 1.165) is 33.6 Å². The zero-order valence-electron chi connectivity index (χ0n) is 12.6. The largest absolute Gasteiger partial charge is 0.270 e. The van der Waals surface area contributed by atoms with E-state index in [0.29, 0.717) is 5.02 Å². The molecule has 0 saturated carbocycles. The molecular formula is C17H15ClN4S. The van der Waals surface area contributed by atoms with Gasteiger partial charge >= 0.3 is 0 Å². The zero-order valence-corrected chi connectivity index (χ0v) is 14.2. The second-order valence-electron chi connectivity index (χ2n) is 5.10. The topological polar surface area (TPSA) is 43.6 Å². The van der Waals surface area contributed by atoms with Crippen molar-refractivity contribution < 1.29 is 0 Å². The molecule has 4 nitrogen and oxygen atoms in total. The third-order valence-corrected chi connectivity index (χ3v) is 4.52. The van der Waals surface area contributed by atoms with Crippen molar-refractivity contribution in [3.05, 3.63) is 66.0 Å². The van der Waals surface area contributed by atoms with Crippen LogP contribution in [0.3, 0.4) is 0 Å². The number of aromatic nitrogens is 4. The molecule has 1 aromatic carbocycles. The molecule has 0 aliphatic rings. The van der Waals surface area contributed by atoms with Crippen molar-refractivity contribution in [2.45, 2.75) is 12.1 Å². The number of thioether (sulfide) groups is 1. The minimum absolute atomic E-state index is 0.698. The van der Waals surface area contributed by atoms with Gasteiger partial charge in [0.15, 0.2) is 11.0 Å². The Morgan fingerprint density at radius 3 is 2.48 bits per heavy atom. The summed E-state index contributed by atoms with van der Waals surface area (Å²) < 4.78 is 2.03. The summed E-state index contributed by atoms with van der Waals surface area (Å²) >= 11 is 7.62. The summed E-state index contributed by atoms with van der Waals surface area (Å²) in [6.45, 7) is 5.94. The highest BCUT2D eigenvalue weighted by Crippen LogP contribution is 2.28. The average molecular weight is 343 g/mol. The maximum atomic E-state index is 6.01. The Kier molecular flexibility index (Phi) is 4.79. The van der Waals surface area contributed by atoms with E-state index in [9.17, 15) is 0 Å². The third kappa shape index (κ3) is 3.63. The van der Waals surface area contributed by atoms with E-state index in [1.807, 2.05) is 47.9 Å². The van der Waals surface area contributed by atoms with Crippen LogP contribution in [0.1, 0.15) is 6.92 Å². The van der Waals surface area contributed by atoms with Gasteiger partial charge in [-0.1, -0.05) is 35.5 Å². The van der Waals surface area contributed by atoms with Crippen molar-refractivity contribution in [3.8, 4) is 17.1 Å². The van der Waals surface area contributed by atoms with Gasteiger partial charge in [0.1, 0.15) is 0 Å². The summed E-state index contributed by atoms with van der Waals surface area (Å²) in [6.07, 6.45) is 3.49. The fourth-order valence-electron chi connectivity index (χ4n) is 2.06. The van der Waals surface area contributed by atoms with E-state index < -0.39 is 0 Å². The van der Waals surface area contributed by atoms with E-state index >= 15 is 0 Å². The van der Waals surface area contributed by atoms with Crippen molar-refractivity contribution in [2.75, 3.05) is 5.75 Å². The lowest BCUT2D eigenvalue weighted by atomic mass is 10.2. The van der Waals surface area contributed by atoms with Crippen molar-refractivity contribution in [2.24, 2.45) is 0 Å². The number of nitrogens with zero attached hydrogens (tertiary/aromatic N) is 4. The molecule has 0 fully saturated rings. The van der Waals surface area contributed by atoms with Crippen LogP contribution in [0.15, 0.2) is 66.1 Å². The monoisotopic (exact) mass is 342 g/mol. The van der Waals surface area contributed by atoms with Crippen LogP contribution in [-0.4, -0.2) is 25.5 Å². The van der Waals surface area contributed by atoms with Crippen molar-refractivity contribution in [3.63, 3.8) is 0 Å². The molecule has 0 N–H and O–H groups in total. The molecule has 0 unspecified atom stereocenters. The van der Waals surface area contributed by atoms with Crippen LogP contribution in [-0.2, 0) is 0 Å². The van der Waals surface area contributed by atoms with Gasteiger partial charge in [0, 0.05) is 34.4 Å². The highest BCUT2D eigenvalue weighted by Gasteiger charge is 2.16. The summed E-state index contributed by atoms with van der Waals surface area (Å²) in [7, 11) is 0. The summed E-state index contributed by atoms with van der Waals surface area (Å²) in [6, 6.07) is 11.5. The van der Waals surface area contributed by atoms with Gasteiger partial charge in [-0.3, -0.25) is 9.55 Å². The predicted octanol–water partition coefficient (Wildman–Crippen LogP) is 4.65. The van der Waals surface area contributed by atoms with Gasteiger partial charge in [-0.15, -0.1) is 10.2 Å². The fraction of sp³-hybridized carbons (Fsp3) is 0.118. The first-order valence-corrected chi connectivity index (χ1v) is 8.40. The lowest BCUT2D eigenvalue weighted by molar-refractivity contribution is 0.887. The van der Waals surface area contributed by atoms with Gasteiger partial charge < -0.3 is 0 Å². The van der Waals surface area contributed by atoms with E-state index in [-0.39, 0.29) is 0 Å². The molecule has 0 atom stereocenters. The number of hydrogen-bond donors (Lipinski definition) is 0. The molecule has 0 saturated heterocycles. The van der Waals surface area contributed by atoms with E-state index in [1.165, 1.54) is 0 Å². The minimum Gasteiger partial charge on any atom is -0.270 e. The number of halogens is 1. The molecule has 23 heavy (non-hydrogen) atoms. The van der Waals surface area contributed by atoms with Gasteiger partial charge in [-0.05, 0) is 43.3 Å². The molecule has 0 amide bonds. The SMILES string of the molecule is C=C(C)CSc1nnc(-c2ccncc2)n1-c1ccc(Cl)cc1. The fourth-order valence-corrected chi connectivity index (χ4v) is 2.98. The number of hydrogen-bond acceptors (Lipinski definition) is 4. The quantitative estimate of drug-likeness (QED) is 0.500.